The molecule has 2 aromatic heterocycles. The van der Waals surface area contributed by atoms with Gasteiger partial charge in [-0.25, -0.2) is 0 Å². The van der Waals surface area contributed by atoms with Gasteiger partial charge >= 0.3 is 0 Å². The molecular weight excluding hydrogens is 352 g/mol. The lowest BCUT2D eigenvalue weighted by Crippen LogP contribution is -2.24. The summed E-state index contributed by atoms with van der Waals surface area (Å²) in [6.45, 7) is 2.14. The van der Waals surface area contributed by atoms with Crippen LogP contribution in [0.15, 0.2) is 47.1 Å². The molecule has 1 aromatic carbocycles. The maximum Gasteiger partial charge on any atom is 0.291 e. The van der Waals surface area contributed by atoms with Gasteiger partial charge in [-0.1, -0.05) is 12.1 Å². The zero-order chi connectivity index (χ0) is 18.5. The van der Waals surface area contributed by atoms with Crippen molar-refractivity contribution in [2.45, 2.75) is 13.5 Å². The van der Waals surface area contributed by atoms with Crippen LogP contribution in [0.1, 0.15) is 32.2 Å². The van der Waals surface area contributed by atoms with Gasteiger partial charge in [0.2, 0.25) is 0 Å². The Bertz CT molecular complexity index is 918. The summed E-state index contributed by atoms with van der Waals surface area (Å²) in [5, 5.41) is 9.36. The van der Waals surface area contributed by atoms with Crippen molar-refractivity contribution in [2.75, 3.05) is 17.7 Å². The Morgan fingerprint density at radius 3 is 2.77 bits per heavy atom. The van der Waals surface area contributed by atoms with Gasteiger partial charge in [-0.3, -0.25) is 9.59 Å². The Labute approximate surface area is 154 Å². The molecule has 0 aliphatic carbocycles. The minimum absolute atomic E-state index is 0.189. The fraction of sp³-hybridized carbons (Fsp3) is 0.167. The molecule has 0 fully saturated rings. The molecule has 26 heavy (non-hydrogen) atoms. The standard InChI is InChI=1S/C18H18N4O3S/c1-11-15(18(19-2)26-22-11)17(24)20-10-12-5-3-6-13(9-12)21-16(23)14-7-4-8-25-14/h3-9,19H,10H2,1-2H3,(H,20,24)(H,21,23). The predicted octanol–water partition coefficient (Wildman–Crippen LogP) is 3.27. The second-order valence-corrected chi connectivity index (χ2v) is 6.31. The summed E-state index contributed by atoms with van der Waals surface area (Å²) >= 11 is 1.26. The first-order valence-corrected chi connectivity index (χ1v) is 8.72. The predicted molar refractivity (Wildman–Crippen MR) is 101 cm³/mol. The molecule has 3 N–H and O–H groups in total. The minimum Gasteiger partial charge on any atom is -0.459 e. The van der Waals surface area contributed by atoms with Crippen molar-refractivity contribution < 1.29 is 14.0 Å². The summed E-state index contributed by atoms with van der Waals surface area (Å²) in [7, 11) is 1.76. The Balaban J connectivity index is 1.64. The highest BCUT2D eigenvalue weighted by atomic mass is 32.1. The number of furan rings is 1. The largest absolute Gasteiger partial charge is 0.459 e. The highest BCUT2D eigenvalue weighted by molar-refractivity contribution is 7.10. The van der Waals surface area contributed by atoms with E-state index in [1.807, 2.05) is 12.1 Å². The number of benzene rings is 1. The number of hydrogen-bond acceptors (Lipinski definition) is 6. The number of carbonyl (C=O) groups excluding carboxylic acids is 2. The quantitative estimate of drug-likeness (QED) is 0.619. The Morgan fingerprint density at radius 2 is 2.04 bits per heavy atom. The maximum absolute atomic E-state index is 12.4. The van der Waals surface area contributed by atoms with E-state index in [9.17, 15) is 9.59 Å². The molecule has 0 spiro atoms. The zero-order valence-electron chi connectivity index (χ0n) is 14.3. The van der Waals surface area contributed by atoms with E-state index in [2.05, 4.69) is 20.3 Å². The molecule has 3 rings (SSSR count). The topological polar surface area (TPSA) is 96.3 Å². The van der Waals surface area contributed by atoms with Crippen molar-refractivity contribution in [3.05, 3.63) is 65.2 Å². The average molecular weight is 370 g/mol. The van der Waals surface area contributed by atoms with E-state index in [-0.39, 0.29) is 17.6 Å². The summed E-state index contributed by atoms with van der Waals surface area (Å²) in [5.74, 6) is -0.274. The number of amides is 2. The first-order valence-electron chi connectivity index (χ1n) is 7.94. The molecule has 0 bridgehead atoms. The second kappa shape index (κ2) is 7.83. The molecule has 7 nitrogen and oxygen atoms in total. The third-order valence-corrected chi connectivity index (χ3v) is 4.66. The van der Waals surface area contributed by atoms with Crippen molar-refractivity contribution in [1.29, 1.82) is 0 Å². The van der Waals surface area contributed by atoms with Crippen LogP contribution in [0, 0.1) is 6.92 Å². The molecule has 0 saturated heterocycles. The van der Waals surface area contributed by atoms with Gasteiger partial charge in [0.25, 0.3) is 11.8 Å². The van der Waals surface area contributed by atoms with Crippen molar-refractivity contribution in [3.63, 3.8) is 0 Å². The van der Waals surface area contributed by atoms with Gasteiger partial charge in [0, 0.05) is 19.3 Å². The Morgan fingerprint density at radius 1 is 1.19 bits per heavy atom. The first kappa shape index (κ1) is 17.7. The molecule has 0 radical (unpaired) electrons. The van der Waals surface area contributed by atoms with Crippen molar-refractivity contribution in [3.8, 4) is 0 Å². The zero-order valence-corrected chi connectivity index (χ0v) is 15.1. The van der Waals surface area contributed by atoms with Gasteiger partial charge in [-0.15, -0.1) is 0 Å². The molecule has 0 atom stereocenters. The van der Waals surface area contributed by atoms with E-state index >= 15 is 0 Å². The van der Waals surface area contributed by atoms with Crippen LogP contribution in [0.5, 0.6) is 0 Å². The first-order chi connectivity index (χ1) is 12.6. The van der Waals surface area contributed by atoms with Crippen LogP contribution in [-0.4, -0.2) is 23.2 Å². The Hall–Kier alpha value is -3.13. The third-order valence-electron chi connectivity index (χ3n) is 3.70. The molecular formula is C18H18N4O3S. The molecule has 0 unspecified atom stereocenters. The summed E-state index contributed by atoms with van der Waals surface area (Å²) in [5.41, 5.74) is 2.74. The van der Waals surface area contributed by atoms with Gasteiger partial charge in [-0.2, -0.15) is 4.37 Å². The number of hydrogen-bond donors (Lipinski definition) is 3. The van der Waals surface area contributed by atoms with Gasteiger partial charge in [0.05, 0.1) is 17.5 Å². The van der Waals surface area contributed by atoms with Crippen LogP contribution in [0.3, 0.4) is 0 Å². The van der Waals surface area contributed by atoms with Crippen LogP contribution in [0.25, 0.3) is 0 Å². The van der Waals surface area contributed by atoms with E-state index in [4.69, 9.17) is 4.42 Å². The smallest absolute Gasteiger partial charge is 0.291 e. The van der Waals surface area contributed by atoms with Crippen molar-refractivity contribution in [1.82, 2.24) is 9.69 Å². The number of rotatable bonds is 6. The normalized spacial score (nSPS) is 10.4. The van der Waals surface area contributed by atoms with Crippen LogP contribution in [0.4, 0.5) is 10.7 Å². The number of anilines is 2. The number of aryl methyl sites for hydroxylation is 1. The summed E-state index contributed by atoms with van der Waals surface area (Å²) in [4.78, 5) is 24.5. The molecule has 2 amide bonds. The lowest BCUT2D eigenvalue weighted by atomic mass is 10.2. The van der Waals surface area contributed by atoms with E-state index in [0.29, 0.717) is 23.5 Å². The summed E-state index contributed by atoms with van der Waals surface area (Å²) in [6.07, 6.45) is 1.45. The van der Waals surface area contributed by atoms with E-state index < -0.39 is 0 Å². The molecule has 0 aliphatic heterocycles. The fourth-order valence-corrected chi connectivity index (χ4v) is 3.18. The Kier molecular flexibility index (Phi) is 5.33. The van der Waals surface area contributed by atoms with Gasteiger partial charge < -0.3 is 20.4 Å². The third kappa shape index (κ3) is 3.92. The monoisotopic (exact) mass is 370 g/mol. The number of nitrogens with zero attached hydrogens (tertiary/aromatic N) is 1. The minimum atomic E-state index is -0.324. The fourth-order valence-electron chi connectivity index (χ4n) is 2.44. The lowest BCUT2D eigenvalue weighted by molar-refractivity contribution is 0.0949. The molecule has 2 heterocycles. The van der Waals surface area contributed by atoms with Crippen LogP contribution < -0.4 is 16.0 Å². The molecule has 3 aromatic rings. The second-order valence-electron chi connectivity index (χ2n) is 5.54. The van der Waals surface area contributed by atoms with E-state index in [1.54, 1.807) is 38.2 Å². The number of nitrogens with one attached hydrogen (secondary N) is 3. The molecule has 8 heteroatoms. The van der Waals surface area contributed by atoms with E-state index in [0.717, 1.165) is 10.6 Å². The summed E-state index contributed by atoms with van der Waals surface area (Å²) < 4.78 is 9.27. The maximum atomic E-state index is 12.4. The summed E-state index contributed by atoms with van der Waals surface area (Å²) in [6, 6.07) is 10.5. The highest BCUT2D eigenvalue weighted by Crippen LogP contribution is 2.23. The molecule has 0 saturated carbocycles. The van der Waals surface area contributed by atoms with Gasteiger partial charge in [0.1, 0.15) is 5.00 Å². The molecule has 134 valence electrons. The van der Waals surface area contributed by atoms with Crippen LogP contribution >= 0.6 is 11.5 Å². The van der Waals surface area contributed by atoms with Crippen molar-refractivity contribution in [2.24, 2.45) is 0 Å². The highest BCUT2D eigenvalue weighted by Gasteiger charge is 2.17. The van der Waals surface area contributed by atoms with Crippen molar-refractivity contribution >= 4 is 34.0 Å². The van der Waals surface area contributed by atoms with Gasteiger partial charge in [0.15, 0.2) is 5.76 Å². The number of carbonyl (C=O) groups is 2. The van der Waals surface area contributed by atoms with Gasteiger partial charge in [-0.05, 0) is 48.3 Å². The van der Waals surface area contributed by atoms with Crippen LogP contribution in [-0.2, 0) is 6.54 Å². The number of aromatic nitrogens is 1. The average Bonchev–Trinajstić information content (AvgIpc) is 3.29. The van der Waals surface area contributed by atoms with Crippen LogP contribution in [0.2, 0.25) is 0 Å². The molecule has 0 aliphatic rings. The SMILES string of the molecule is CNc1snc(C)c1C(=O)NCc1cccc(NC(=O)c2ccco2)c1. The lowest BCUT2D eigenvalue weighted by Gasteiger charge is -2.09. The van der Waals surface area contributed by atoms with E-state index in [1.165, 1.54) is 17.8 Å².